The average molecular weight is 586 g/mol. The molecule has 5 nitrogen and oxygen atoms in total. The van der Waals surface area contributed by atoms with Crippen LogP contribution in [0.3, 0.4) is 0 Å². The van der Waals surface area contributed by atoms with Gasteiger partial charge >= 0.3 is 5.97 Å². The number of hydrogen-bond acceptors (Lipinski definition) is 4. The summed E-state index contributed by atoms with van der Waals surface area (Å²) in [5.41, 5.74) is 1.51. The number of halogens is 3. The number of Topliss-reactive ketones (excluding diaryl/α,β-unsaturated/α-hetero) is 1. The molecular weight excluding hydrogens is 556 g/mol. The Balaban J connectivity index is 0.00000336. The summed E-state index contributed by atoms with van der Waals surface area (Å²) in [4.78, 5) is 26.7. The Morgan fingerprint density at radius 3 is 2.03 bits per heavy atom. The number of esters is 1. The lowest BCUT2D eigenvalue weighted by Crippen LogP contribution is -3.00. The van der Waals surface area contributed by atoms with Crippen molar-refractivity contribution in [3.8, 4) is 5.75 Å². The molecule has 1 unspecified atom stereocenters. The number of rotatable bonds is 8. The number of piperidine rings is 3. The first-order chi connectivity index (χ1) is 17.9. The highest BCUT2D eigenvalue weighted by atomic mass is 79.9. The van der Waals surface area contributed by atoms with Crippen molar-refractivity contribution in [3.05, 3.63) is 101 Å². The monoisotopic (exact) mass is 585 g/mol. The van der Waals surface area contributed by atoms with E-state index < -0.39 is 17.7 Å². The van der Waals surface area contributed by atoms with E-state index in [0.717, 1.165) is 25.9 Å². The summed E-state index contributed by atoms with van der Waals surface area (Å²) >= 11 is 0. The van der Waals surface area contributed by atoms with Crippen LogP contribution in [-0.2, 0) is 9.53 Å². The van der Waals surface area contributed by atoms with Crippen molar-refractivity contribution in [2.45, 2.75) is 18.9 Å². The maximum Gasteiger partial charge on any atom is 0.315 e. The number of carbonyl (C=O) groups excluding carboxylic acids is 2. The minimum atomic E-state index is -0.927. The van der Waals surface area contributed by atoms with Crippen LogP contribution in [0.1, 0.15) is 40.4 Å². The summed E-state index contributed by atoms with van der Waals surface area (Å²) < 4.78 is 39.8. The standard InChI is InChI=1S/C30H30F2NO4.BrH/c1-36-26-10-8-21(9-11-26)28(34)19-33-14-12-20(13-15-33)27(18-33)30(35)37-29(22-4-2-6-24(31)16-22)23-5-3-7-25(32)17-23;/h2-11,16-17,20,27,29H,12-15,18-19H2,1H3;1H/q+1;/p-1. The summed E-state index contributed by atoms with van der Waals surface area (Å²) in [7, 11) is 1.58. The van der Waals surface area contributed by atoms with Crippen molar-refractivity contribution in [1.82, 2.24) is 0 Å². The fourth-order valence-corrected chi connectivity index (χ4v) is 5.82. The predicted molar refractivity (Wildman–Crippen MR) is 134 cm³/mol. The number of methoxy groups -OCH3 is 1. The van der Waals surface area contributed by atoms with Gasteiger partial charge in [-0.25, -0.2) is 8.78 Å². The van der Waals surface area contributed by atoms with Crippen molar-refractivity contribution in [2.75, 3.05) is 33.3 Å². The summed E-state index contributed by atoms with van der Waals surface area (Å²) in [6.45, 7) is 2.52. The van der Waals surface area contributed by atoms with Crippen molar-refractivity contribution in [3.63, 3.8) is 0 Å². The second kappa shape index (κ2) is 11.7. The van der Waals surface area contributed by atoms with Gasteiger partial charge in [0.1, 0.15) is 29.8 Å². The van der Waals surface area contributed by atoms with E-state index >= 15 is 0 Å². The molecular formula is C30H30BrF2NO4. The minimum Gasteiger partial charge on any atom is -1.00 e. The maximum atomic E-state index is 14.0. The van der Waals surface area contributed by atoms with Crippen molar-refractivity contribution in [1.29, 1.82) is 0 Å². The van der Waals surface area contributed by atoms with Gasteiger partial charge in [0, 0.05) is 18.4 Å². The Kier molecular flexibility index (Phi) is 8.63. The summed E-state index contributed by atoms with van der Waals surface area (Å²) in [6, 6.07) is 18.8. The van der Waals surface area contributed by atoms with Crippen LogP contribution in [0.25, 0.3) is 0 Å². The van der Waals surface area contributed by atoms with Crippen molar-refractivity contribution >= 4 is 11.8 Å². The SMILES string of the molecule is COc1ccc(C(=O)C[N+]23CCC(CC2)C(C(=O)OC(c2cccc(F)c2)c2cccc(F)c2)C3)cc1.[Br-]. The molecule has 3 fully saturated rings. The van der Waals surface area contributed by atoms with Gasteiger partial charge in [0.2, 0.25) is 5.78 Å². The molecule has 3 aliphatic heterocycles. The van der Waals surface area contributed by atoms with Gasteiger partial charge < -0.3 is 30.9 Å². The van der Waals surface area contributed by atoms with Gasteiger partial charge in [-0.2, -0.15) is 0 Å². The third-order valence-electron chi connectivity index (χ3n) is 7.83. The van der Waals surface area contributed by atoms with E-state index in [-0.39, 0.29) is 40.6 Å². The highest BCUT2D eigenvalue weighted by Crippen LogP contribution is 2.40. The van der Waals surface area contributed by atoms with Gasteiger partial charge in [0.25, 0.3) is 0 Å². The van der Waals surface area contributed by atoms with Gasteiger partial charge in [-0.05, 0) is 65.6 Å². The number of ether oxygens (including phenoxy) is 2. The quantitative estimate of drug-likeness (QED) is 0.231. The normalized spacial score (nSPS) is 22.0. The van der Waals surface area contributed by atoms with Crippen LogP contribution in [0.2, 0.25) is 0 Å². The molecule has 3 aromatic carbocycles. The Bertz CT molecular complexity index is 1250. The Hall–Kier alpha value is -3.10. The molecule has 3 saturated heterocycles. The molecule has 0 radical (unpaired) electrons. The third-order valence-corrected chi connectivity index (χ3v) is 7.83. The molecule has 0 aliphatic carbocycles. The van der Waals surface area contributed by atoms with Gasteiger partial charge in [-0.3, -0.25) is 9.59 Å². The van der Waals surface area contributed by atoms with Crippen LogP contribution in [0.5, 0.6) is 5.75 Å². The van der Waals surface area contributed by atoms with E-state index in [1.807, 2.05) is 0 Å². The number of quaternary nitrogens is 1. The van der Waals surface area contributed by atoms with Gasteiger partial charge in [0.05, 0.1) is 26.7 Å². The predicted octanol–water partition coefficient (Wildman–Crippen LogP) is 2.35. The van der Waals surface area contributed by atoms with Crippen LogP contribution in [0.15, 0.2) is 72.8 Å². The smallest absolute Gasteiger partial charge is 0.315 e. The molecule has 0 spiro atoms. The van der Waals surface area contributed by atoms with Gasteiger partial charge in [-0.15, -0.1) is 0 Å². The van der Waals surface area contributed by atoms with Crippen molar-refractivity contribution < 1.29 is 49.3 Å². The summed E-state index contributed by atoms with van der Waals surface area (Å²) in [5, 5.41) is 0. The fraction of sp³-hybridized carbons (Fsp3) is 0.333. The van der Waals surface area contributed by atoms with E-state index in [2.05, 4.69) is 0 Å². The number of carbonyl (C=O) groups is 2. The molecule has 1 atom stereocenters. The zero-order chi connectivity index (χ0) is 26.0. The Morgan fingerprint density at radius 2 is 1.50 bits per heavy atom. The molecule has 0 aromatic heterocycles. The van der Waals surface area contributed by atoms with Crippen LogP contribution >= 0.6 is 0 Å². The molecule has 6 rings (SSSR count). The Morgan fingerprint density at radius 1 is 0.921 bits per heavy atom. The van der Waals surface area contributed by atoms with Crippen LogP contribution < -0.4 is 21.7 Å². The average Bonchev–Trinajstić information content (AvgIpc) is 2.92. The van der Waals surface area contributed by atoms with Crippen LogP contribution in [-0.4, -0.2) is 49.5 Å². The number of nitrogens with zero attached hydrogens (tertiary/aromatic N) is 1. The minimum absolute atomic E-state index is 0. The lowest BCUT2D eigenvalue weighted by atomic mass is 9.76. The number of benzene rings is 3. The lowest BCUT2D eigenvalue weighted by Gasteiger charge is -2.51. The highest BCUT2D eigenvalue weighted by molar-refractivity contribution is 5.97. The second-order valence-corrected chi connectivity index (χ2v) is 10.2. The molecule has 2 bridgehead atoms. The van der Waals surface area contributed by atoms with E-state index in [0.29, 0.717) is 40.0 Å². The van der Waals surface area contributed by atoms with Crippen LogP contribution in [0, 0.1) is 23.5 Å². The topological polar surface area (TPSA) is 52.6 Å². The van der Waals surface area contributed by atoms with Crippen molar-refractivity contribution in [2.24, 2.45) is 11.8 Å². The Labute approximate surface area is 231 Å². The third kappa shape index (κ3) is 5.97. The molecule has 200 valence electrons. The number of ketones is 1. The van der Waals surface area contributed by atoms with E-state index in [9.17, 15) is 18.4 Å². The second-order valence-electron chi connectivity index (χ2n) is 10.2. The molecule has 0 amide bonds. The maximum absolute atomic E-state index is 14.0. The summed E-state index contributed by atoms with van der Waals surface area (Å²) in [5.74, 6) is -0.787. The van der Waals surface area contributed by atoms with E-state index in [1.165, 1.54) is 24.3 Å². The number of fused-ring (bicyclic) bond motifs is 3. The number of hydrogen-bond donors (Lipinski definition) is 0. The molecule has 0 saturated carbocycles. The molecule has 38 heavy (non-hydrogen) atoms. The summed E-state index contributed by atoms with van der Waals surface area (Å²) in [6.07, 6.45) is 0.740. The zero-order valence-corrected chi connectivity index (χ0v) is 22.7. The van der Waals surface area contributed by atoms with E-state index in [4.69, 9.17) is 9.47 Å². The first kappa shape index (κ1) is 27.9. The molecule has 8 heteroatoms. The first-order valence-corrected chi connectivity index (χ1v) is 12.6. The zero-order valence-electron chi connectivity index (χ0n) is 21.1. The van der Waals surface area contributed by atoms with Crippen LogP contribution in [0.4, 0.5) is 8.78 Å². The molecule has 3 aromatic rings. The fourth-order valence-electron chi connectivity index (χ4n) is 5.82. The molecule has 0 N–H and O–H groups in total. The molecule has 3 heterocycles. The van der Waals surface area contributed by atoms with Gasteiger partial charge in [0.15, 0.2) is 6.10 Å². The first-order valence-electron chi connectivity index (χ1n) is 12.6. The van der Waals surface area contributed by atoms with Gasteiger partial charge in [-0.1, -0.05) is 24.3 Å². The highest BCUT2D eigenvalue weighted by Gasteiger charge is 2.50. The van der Waals surface area contributed by atoms with E-state index in [1.54, 1.807) is 55.6 Å². The lowest BCUT2D eigenvalue weighted by molar-refractivity contribution is -0.938. The molecule has 3 aliphatic rings. The largest absolute Gasteiger partial charge is 1.00 e.